The fourth-order valence-corrected chi connectivity index (χ4v) is 2.97. The molecule has 0 atom stereocenters. The first kappa shape index (κ1) is 16.4. The maximum atomic E-state index is 13.5. The third-order valence-corrected chi connectivity index (χ3v) is 4.29. The molecular weight excluding hydrogens is 360 g/mol. The van der Waals surface area contributed by atoms with Gasteiger partial charge in [-0.1, -0.05) is 54.1 Å². The van der Waals surface area contributed by atoms with E-state index in [1.165, 1.54) is 0 Å². The molecule has 1 aliphatic rings. The van der Waals surface area contributed by atoms with Crippen molar-refractivity contribution in [1.29, 1.82) is 0 Å². The Labute approximate surface area is 152 Å². The quantitative estimate of drug-likeness (QED) is 0.357. The Morgan fingerprint density at radius 3 is 2.58 bits per heavy atom. The first-order valence-electron chi connectivity index (χ1n) is 7.68. The topological polar surface area (TPSA) is 38.7 Å². The smallest absolute Gasteiger partial charge is 0.363 e. The van der Waals surface area contributed by atoms with Gasteiger partial charge in [-0.2, -0.15) is 0 Å². The van der Waals surface area contributed by atoms with Crippen LogP contribution in [0.25, 0.3) is 16.8 Å². The van der Waals surface area contributed by atoms with E-state index in [0.29, 0.717) is 0 Å². The van der Waals surface area contributed by atoms with Crippen molar-refractivity contribution in [2.75, 3.05) is 0 Å². The van der Waals surface area contributed by atoms with Crippen LogP contribution in [-0.2, 0) is 9.53 Å². The number of benzene rings is 3. The summed E-state index contributed by atoms with van der Waals surface area (Å²) in [7, 11) is 0. The Balaban J connectivity index is 1.79. The summed E-state index contributed by atoms with van der Waals surface area (Å²) >= 11 is 5.92. The lowest BCUT2D eigenvalue weighted by Gasteiger charge is -2.03. The standard InChI is InChI=1S/C20H10ClF2NO2/c21-15-10-17(23)16(22)9-14(15)19-24-18(20(25)26-19)8-12-6-3-5-11-4-1-2-7-13(11)12/h1-10H/b18-8-. The number of ether oxygens (including phenoxy) is 1. The second-order valence-electron chi connectivity index (χ2n) is 5.65. The number of hydrogen-bond donors (Lipinski definition) is 0. The molecule has 0 radical (unpaired) electrons. The zero-order valence-corrected chi connectivity index (χ0v) is 13.9. The van der Waals surface area contributed by atoms with Gasteiger partial charge < -0.3 is 4.74 Å². The average molecular weight is 370 g/mol. The van der Waals surface area contributed by atoms with Crippen LogP contribution < -0.4 is 0 Å². The minimum Gasteiger partial charge on any atom is -0.402 e. The molecule has 128 valence electrons. The predicted molar refractivity (Wildman–Crippen MR) is 95.9 cm³/mol. The van der Waals surface area contributed by atoms with E-state index in [-0.39, 0.29) is 22.2 Å². The van der Waals surface area contributed by atoms with Gasteiger partial charge in [0, 0.05) is 0 Å². The van der Waals surface area contributed by atoms with E-state index in [2.05, 4.69) is 4.99 Å². The number of carbonyl (C=O) groups excluding carboxylic acids is 1. The van der Waals surface area contributed by atoms with Crippen LogP contribution in [-0.4, -0.2) is 11.9 Å². The van der Waals surface area contributed by atoms with Gasteiger partial charge in [-0.15, -0.1) is 0 Å². The van der Waals surface area contributed by atoms with Gasteiger partial charge in [-0.05, 0) is 34.5 Å². The van der Waals surface area contributed by atoms with Crippen molar-refractivity contribution in [3.8, 4) is 0 Å². The number of esters is 1. The van der Waals surface area contributed by atoms with E-state index < -0.39 is 17.6 Å². The molecule has 1 aliphatic heterocycles. The lowest BCUT2D eigenvalue weighted by atomic mass is 10.0. The monoisotopic (exact) mass is 369 g/mol. The largest absolute Gasteiger partial charge is 0.402 e. The molecule has 0 bridgehead atoms. The first-order valence-corrected chi connectivity index (χ1v) is 8.06. The summed E-state index contributed by atoms with van der Waals surface area (Å²) in [4.78, 5) is 16.3. The highest BCUT2D eigenvalue weighted by Gasteiger charge is 2.27. The highest BCUT2D eigenvalue weighted by molar-refractivity contribution is 6.34. The lowest BCUT2D eigenvalue weighted by Crippen LogP contribution is -2.07. The molecule has 4 rings (SSSR count). The predicted octanol–water partition coefficient (Wildman–Crippen LogP) is 5.12. The van der Waals surface area contributed by atoms with E-state index in [1.54, 1.807) is 6.08 Å². The molecule has 0 saturated carbocycles. The second-order valence-corrected chi connectivity index (χ2v) is 6.06. The molecule has 1 heterocycles. The molecule has 0 unspecified atom stereocenters. The lowest BCUT2D eigenvalue weighted by molar-refractivity contribution is -0.129. The minimum atomic E-state index is -1.10. The molecule has 0 saturated heterocycles. The number of rotatable bonds is 2. The summed E-state index contributed by atoms with van der Waals surface area (Å²) in [5, 5.41) is 1.87. The van der Waals surface area contributed by atoms with Gasteiger partial charge in [-0.3, -0.25) is 0 Å². The zero-order chi connectivity index (χ0) is 18.3. The summed E-state index contributed by atoms with van der Waals surface area (Å²) in [6.07, 6.45) is 1.59. The van der Waals surface area contributed by atoms with Crippen LogP contribution in [0.2, 0.25) is 5.02 Å². The number of halogens is 3. The normalized spacial score (nSPS) is 15.4. The summed E-state index contributed by atoms with van der Waals surface area (Å²) < 4.78 is 31.8. The van der Waals surface area contributed by atoms with Gasteiger partial charge in [0.25, 0.3) is 0 Å². The van der Waals surface area contributed by atoms with Crippen molar-refractivity contribution >= 4 is 40.3 Å². The summed E-state index contributed by atoms with van der Waals surface area (Å²) in [5.41, 5.74) is 0.855. The minimum absolute atomic E-state index is 0.0141. The Morgan fingerprint density at radius 2 is 1.73 bits per heavy atom. The Morgan fingerprint density at radius 1 is 1.00 bits per heavy atom. The van der Waals surface area contributed by atoms with Crippen molar-refractivity contribution in [3.05, 3.63) is 88.1 Å². The van der Waals surface area contributed by atoms with E-state index in [1.807, 2.05) is 42.5 Å². The highest BCUT2D eigenvalue weighted by Crippen LogP contribution is 2.27. The number of hydrogen-bond acceptors (Lipinski definition) is 3. The number of fused-ring (bicyclic) bond motifs is 1. The van der Waals surface area contributed by atoms with Crippen LogP contribution in [0.5, 0.6) is 0 Å². The van der Waals surface area contributed by atoms with Gasteiger partial charge in [0.2, 0.25) is 5.90 Å². The molecule has 0 aromatic heterocycles. The molecular formula is C20H10ClF2NO2. The molecule has 0 amide bonds. The van der Waals surface area contributed by atoms with E-state index >= 15 is 0 Å². The van der Waals surface area contributed by atoms with Gasteiger partial charge >= 0.3 is 5.97 Å². The van der Waals surface area contributed by atoms with Crippen molar-refractivity contribution < 1.29 is 18.3 Å². The van der Waals surface area contributed by atoms with Crippen LogP contribution in [0.4, 0.5) is 8.78 Å². The third kappa shape index (κ3) is 2.86. The number of cyclic esters (lactones) is 1. The number of nitrogens with zero attached hydrogens (tertiary/aromatic N) is 1. The number of aliphatic imine (C=N–C) groups is 1. The SMILES string of the molecule is O=C1OC(c2cc(F)c(F)cc2Cl)=N/C1=C\c1cccc2ccccc12. The Kier molecular flexibility index (Phi) is 4.01. The third-order valence-electron chi connectivity index (χ3n) is 3.98. The molecule has 3 aromatic rings. The van der Waals surface area contributed by atoms with Crippen molar-refractivity contribution in [3.63, 3.8) is 0 Å². The first-order chi connectivity index (χ1) is 12.5. The van der Waals surface area contributed by atoms with Crippen LogP contribution in [0.3, 0.4) is 0 Å². The zero-order valence-electron chi connectivity index (χ0n) is 13.2. The number of carbonyl (C=O) groups is 1. The average Bonchev–Trinajstić information content (AvgIpc) is 2.99. The maximum absolute atomic E-state index is 13.5. The molecule has 0 fully saturated rings. The Bertz CT molecular complexity index is 1120. The maximum Gasteiger partial charge on any atom is 0.363 e. The molecule has 26 heavy (non-hydrogen) atoms. The summed E-state index contributed by atoms with van der Waals surface area (Å²) in [6.45, 7) is 0. The van der Waals surface area contributed by atoms with Gasteiger partial charge in [0.1, 0.15) is 0 Å². The van der Waals surface area contributed by atoms with Crippen LogP contribution >= 0.6 is 11.6 Å². The van der Waals surface area contributed by atoms with Crippen LogP contribution in [0.15, 0.2) is 65.3 Å². The molecule has 6 heteroatoms. The van der Waals surface area contributed by atoms with Crippen LogP contribution in [0, 0.1) is 11.6 Å². The second kappa shape index (κ2) is 6.35. The molecule has 0 aliphatic carbocycles. The molecule has 3 aromatic carbocycles. The van der Waals surface area contributed by atoms with E-state index in [0.717, 1.165) is 28.5 Å². The summed E-state index contributed by atoms with van der Waals surface area (Å²) in [5.74, 6) is -3.04. The van der Waals surface area contributed by atoms with Gasteiger partial charge in [0.05, 0.1) is 10.6 Å². The molecule has 0 N–H and O–H groups in total. The van der Waals surface area contributed by atoms with Gasteiger partial charge in [0.15, 0.2) is 17.3 Å². The Hall–Kier alpha value is -3.05. The molecule has 0 spiro atoms. The van der Waals surface area contributed by atoms with E-state index in [4.69, 9.17) is 16.3 Å². The molecule has 3 nitrogen and oxygen atoms in total. The summed E-state index contributed by atoms with van der Waals surface area (Å²) in [6, 6.07) is 15.0. The van der Waals surface area contributed by atoms with E-state index in [9.17, 15) is 13.6 Å². The van der Waals surface area contributed by atoms with Gasteiger partial charge in [-0.25, -0.2) is 18.6 Å². The van der Waals surface area contributed by atoms with Crippen molar-refractivity contribution in [2.45, 2.75) is 0 Å². The van der Waals surface area contributed by atoms with Crippen LogP contribution in [0.1, 0.15) is 11.1 Å². The fraction of sp³-hybridized carbons (Fsp3) is 0. The highest BCUT2D eigenvalue weighted by atomic mass is 35.5. The fourth-order valence-electron chi connectivity index (χ4n) is 2.73. The van der Waals surface area contributed by atoms with Crippen molar-refractivity contribution in [1.82, 2.24) is 0 Å². The van der Waals surface area contributed by atoms with Crippen molar-refractivity contribution in [2.24, 2.45) is 4.99 Å².